The van der Waals surface area contributed by atoms with Crippen LogP contribution in [-0.2, 0) is 11.2 Å². The fourth-order valence-electron chi connectivity index (χ4n) is 4.76. The zero-order valence-electron chi connectivity index (χ0n) is 24.5. The third-order valence-corrected chi connectivity index (χ3v) is 7.27. The number of carbonyl (C=O) groups is 3. The van der Waals surface area contributed by atoms with Crippen molar-refractivity contribution >= 4 is 35.0 Å². The number of benzene rings is 2. The molecule has 3 atom stereocenters. The summed E-state index contributed by atoms with van der Waals surface area (Å²) < 4.78 is 11.6. The maximum Gasteiger partial charge on any atom is 0.323 e. The highest BCUT2D eigenvalue weighted by Crippen LogP contribution is 2.29. The molecule has 1 aliphatic heterocycles. The molecule has 0 spiro atoms. The van der Waals surface area contributed by atoms with Crippen LogP contribution in [0, 0.1) is 19.8 Å². The predicted octanol–water partition coefficient (Wildman–Crippen LogP) is 4.25. The molecule has 0 aliphatic carbocycles. The molecule has 12 heteroatoms. The lowest BCUT2D eigenvalue weighted by molar-refractivity contribution is -0.134. The summed E-state index contributed by atoms with van der Waals surface area (Å²) in [5, 5.41) is 22.2. The number of ether oxygens (including phenoxy) is 1. The standard InChI is InChI=1S/C30H38N6O6/c1-18-15-36(19(2)17-37)27(38)14-22-13-24(32-29(39)31-23-9-7-6-8-10-23)11-12-25(22)41-26(18)16-35(5)30(40)33-28-20(3)34-42-21(28)4/h6-13,18-19,26,37H,14-17H2,1-5H3,(H,33,40)(H2,31,32,39)/t18-,19-,26+/m0/s1. The molecule has 0 fully saturated rings. The molecule has 1 aliphatic rings. The first-order valence-corrected chi connectivity index (χ1v) is 13.8. The van der Waals surface area contributed by atoms with Gasteiger partial charge < -0.3 is 40.1 Å². The molecule has 4 rings (SSSR count). The molecule has 2 heterocycles. The Hall–Kier alpha value is -4.58. The second-order valence-corrected chi connectivity index (χ2v) is 10.7. The molecule has 0 saturated carbocycles. The number of urea groups is 2. The Balaban J connectivity index is 1.56. The number of hydrogen-bond acceptors (Lipinski definition) is 7. The first kappa shape index (κ1) is 30.4. The fourth-order valence-corrected chi connectivity index (χ4v) is 4.76. The van der Waals surface area contributed by atoms with Crippen molar-refractivity contribution in [2.75, 3.05) is 42.7 Å². The number of aryl methyl sites for hydroxylation is 2. The first-order valence-electron chi connectivity index (χ1n) is 13.8. The van der Waals surface area contributed by atoms with Gasteiger partial charge in [0.1, 0.15) is 23.2 Å². The van der Waals surface area contributed by atoms with Crippen LogP contribution < -0.4 is 20.7 Å². The van der Waals surface area contributed by atoms with E-state index in [0.717, 1.165) is 0 Å². The van der Waals surface area contributed by atoms with Crippen molar-refractivity contribution in [2.24, 2.45) is 5.92 Å². The van der Waals surface area contributed by atoms with Crippen LogP contribution in [0.25, 0.3) is 0 Å². The lowest BCUT2D eigenvalue weighted by Gasteiger charge is -2.34. The molecule has 1 aromatic heterocycles. The molecule has 42 heavy (non-hydrogen) atoms. The van der Waals surface area contributed by atoms with Crippen LogP contribution in [0.2, 0.25) is 0 Å². The highest BCUT2D eigenvalue weighted by Gasteiger charge is 2.32. The Labute approximate surface area is 245 Å². The lowest BCUT2D eigenvalue weighted by Crippen LogP contribution is -2.48. The Morgan fingerprint density at radius 3 is 2.50 bits per heavy atom. The molecular weight excluding hydrogens is 540 g/mol. The normalized spacial score (nSPS) is 17.6. The van der Waals surface area contributed by atoms with Crippen LogP contribution in [0.5, 0.6) is 5.75 Å². The number of amides is 5. The van der Waals surface area contributed by atoms with Gasteiger partial charge in [-0.25, -0.2) is 9.59 Å². The van der Waals surface area contributed by atoms with Gasteiger partial charge in [0.15, 0.2) is 5.76 Å². The molecule has 3 aromatic rings. The maximum atomic E-state index is 13.5. The molecule has 224 valence electrons. The van der Waals surface area contributed by atoms with Crippen molar-refractivity contribution < 1.29 is 28.8 Å². The van der Waals surface area contributed by atoms with Gasteiger partial charge in [-0.05, 0) is 51.1 Å². The van der Waals surface area contributed by atoms with E-state index in [4.69, 9.17) is 9.26 Å². The Morgan fingerprint density at radius 1 is 1.12 bits per heavy atom. The van der Waals surface area contributed by atoms with Gasteiger partial charge in [-0.2, -0.15) is 0 Å². The van der Waals surface area contributed by atoms with Crippen LogP contribution in [0.3, 0.4) is 0 Å². The number of aliphatic hydroxyl groups is 1. The average Bonchev–Trinajstić information content (AvgIpc) is 3.29. The molecule has 0 radical (unpaired) electrons. The molecule has 0 saturated heterocycles. The van der Waals surface area contributed by atoms with Gasteiger partial charge >= 0.3 is 12.1 Å². The number of likely N-dealkylation sites (N-methyl/N-ethyl adjacent to an activating group) is 1. The summed E-state index contributed by atoms with van der Waals surface area (Å²) in [6, 6.07) is 13.0. The molecule has 12 nitrogen and oxygen atoms in total. The van der Waals surface area contributed by atoms with Gasteiger partial charge in [-0.3, -0.25) is 4.79 Å². The van der Waals surface area contributed by atoms with Crippen LogP contribution in [0.4, 0.5) is 26.7 Å². The largest absolute Gasteiger partial charge is 0.488 e. The van der Waals surface area contributed by atoms with E-state index in [2.05, 4.69) is 21.1 Å². The lowest BCUT2D eigenvalue weighted by atomic mass is 10.0. The number of rotatable bonds is 7. The molecular formula is C30H38N6O6. The van der Waals surface area contributed by atoms with Crippen molar-refractivity contribution in [1.82, 2.24) is 15.0 Å². The van der Waals surface area contributed by atoms with Crippen molar-refractivity contribution in [3.8, 4) is 5.75 Å². The Kier molecular flexibility index (Phi) is 9.68. The zero-order chi connectivity index (χ0) is 30.4. The van der Waals surface area contributed by atoms with Gasteiger partial charge in [0, 0.05) is 36.4 Å². The predicted molar refractivity (Wildman–Crippen MR) is 159 cm³/mol. The number of fused-ring (bicyclic) bond motifs is 1. The number of aromatic nitrogens is 1. The van der Waals surface area contributed by atoms with Gasteiger partial charge in [-0.1, -0.05) is 30.3 Å². The van der Waals surface area contributed by atoms with Crippen LogP contribution >= 0.6 is 0 Å². The van der Waals surface area contributed by atoms with E-state index < -0.39 is 18.2 Å². The molecule has 5 amide bonds. The van der Waals surface area contributed by atoms with Gasteiger partial charge in [0.05, 0.1) is 25.6 Å². The SMILES string of the molecule is Cc1noc(C)c1NC(=O)N(C)C[C@H]1Oc2ccc(NC(=O)Nc3ccccc3)cc2CC(=O)N([C@@H](C)CO)C[C@@H]1C. The Morgan fingerprint density at radius 2 is 1.83 bits per heavy atom. The van der Waals surface area contributed by atoms with Crippen LogP contribution in [-0.4, -0.2) is 76.9 Å². The number of anilines is 3. The fraction of sp³-hybridized carbons (Fsp3) is 0.400. The first-order chi connectivity index (χ1) is 20.0. The summed E-state index contributed by atoms with van der Waals surface area (Å²) in [4.78, 5) is 42.3. The van der Waals surface area contributed by atoms with Crippen molar-refractivity contribution in [3.05, 3.63) is 65.5 Å². The van der Waals surface area contributed by atoms with E-state index >= 15 is 0 Å². The van der Waals surface area contributed by atoms with Gasteiger partial charge in [-0.15, -0.1) is 0 Å². The second kappa shape index (κ2) is 13.4. The van der Waals surface area contributed by atoms with E-state index in [1.165, 1.54) is 4.90 Å². The number of nitrogens with one attached hydrogen (secondary N) is 3. The van der Waals surface area contributed by atoms with E-state index in [9.17, 15) is 19.5 Å². The monoisotopic (exact) mass is 578 g/mol. The van der Waals surface area contributed by atoms with Crippen LogP contribution in [0.1, 0.15) is 30.9 Å². The second-order valence-electron chi connectivity index (χ2n) is 10.7. The summed E-state index contributed by atoms with van der Waals surface area (Å²) in [5.41, 5.74) is 2.80. The summed E-state index contributed by atoms with van der Waals surface area (Å²) in [6.07, 6.45) is -0.485. The van der Waals surface area contributed by atoms with Crippen LogP contribution in [0.15, 0.2) is 53.1 Å². The third kappa shape index (κ3) is 7.38. The summed E-state index contributed by atoms with van der Waals surface area (Å²) in [5.74, 6) is 0.610. The van der Waals surface area contributed by atoms with E-state index in [1.807, 2.05) is 25.1 Å². The van der Waals surface area contributed by atoms with Crippen molar-refractivity contribution in [2.45, 2.75) is 46.3 Å². The minimum Gasteiger partial charge on any atom is -0.488 e. The molecule has 2 aromatic carbocycles. The number of nitrogens with zero attached hydrogens (tertiary/aromatic N) is 3. The van der Waals surface area contributed by atoms with Crippen molar-refractivity contribution in [3.63, 3.8) is 0 Å². The number of hydrogen-bond donors (Lipinski definition) is 4. The maximum absolute atomic E-state index is 13.5. The van der Waals surface area contributed by atoms with Gasteiger partial charge in [0.2, 0.25) is 5.91 Å². The average molecular weight is 579 g/mol. The minimum atomic E-state index is -0.497. The number of aliphatic hydroxyl groups excluding tert-OH is 1. The number of carbonyl (C=O) groups excluding carboxylic acids is 3. The Bertz CT molecular complexity index is 1390. The summed E-state index contributed by atoms with van der Waals surface area (Å²) in [6.45, 7) is 7.54. The van der Waals surface area contributed by atoms with Gasteiger partial charge in [0.25, 0.3) is 0 Å². The quantitative estimate of drug-likeness (QED) is 0.327. The highest BCUT2D eigenvalue weighted by atomic mass is 16.5. The summed E-state index contributed by atoms with van der Waals surface area (Å²) >= 11 is 0. The minimum absolute atomic E-state index is 0.0112. The molecule has 0 bridgehead atoms. The molecule has 0 unspecified atom stereocenters. The topological polar surface area (TPSA) is 149 Å². The van der Waals surface area contributed by atoms with Crippen molar-refractivity contribution in [1.29, 1.82) is 0 Å². The third-order valence-electron chi connectivity index (χ3n) is 7.27. The zero-order valence-corrected chi connectivity index (χ0v) is 24.5. The smallest absolute Gasteiger partial charge is 0.323 e. The molecule has 4 N–H and O–H groups in total. The van der Waals surface area contributed by atoms with E-state index in [1.54, 1.807) is 63.1 Å². The van der Waals surface area contributed by atoms with E-state index in [-0.39, 0.29) is 37.4 Å². The number of para-hydroxylation sites is 1. The highest BCUT2D eigenvalue weighted by molar-refractivity contribution is 6.00. The summed E-state index contributed by atoms with van der Waals surface area (Å²) in [7, 11) is 1.66. The van der Waals surface area contributed by atoms with E-state index in [0.29, 0.717) is 46.4 Å².